The predicted octanol–water partition coefficient (Wildman–Crippen LogP) is 3.68. The lowest BCUT2D eigenvalue weighted by atomic mass is 10.1. The van der Waals surface area contributed by atoms with E-state index in [1.165, 1.54) is 11.3 Å². The van der Waals surface area contributed by atoms with Crippen molar-refractivity contribution in [2.75, 3.05) is 37.7 Å². The zero-order chi connectivity index (χ0) is 21.8. The van der Waals surface area contributed by atoms with Crippen LogP contribution in [0.3, 0.4) is 0 Å². The van der Waals surface area contributed by atoms with Gasteiger partial charge in [-0.2, -0.15) is 4.31 Å². The van der Waals surface area contributed by atoms with Crippen molar-refractivity contribution in [3.63, 3.8) is 0 Å². The zero-order valence-corrected chi connectivity index (χ0v) is 19.3. The highest BCUT2D eigenvalue weighted by Crippen LogP contribution is 2.28. The van der Waals surface area contributed by atoms with Crippen LogP contribution in [-0.4, -0.2) is 55.5 Å². The molecule has 9 heteroatoms. The maximum absolute atomic E-state index is 13.0. The first kappa shape index (κ1) is 21.7. The molecule has 0 saturated carbocycles. The lowest BCUT2D eigenvalue weighted by Crippen LogP contribution is -2.48. The number of nitrogens with zero attached hydrogens (tertiary/aromatic N) is 4. The Balaban J connectivity index is 1.45. The van der Waals surface area contributed by atoms with E-state index < -0.39 is 10.0 Å². The lowest BCUT2D eigenvalue weighted by molar-refractivity contribution is 0.340. The quantitative estimate of drug-likeness (QED) is 0.538. The third-order valence-corrected chi connectivity index (χ3v) is 8.85. The summed E-state index contributed by atoms with van der Waals surface area (Å²) >= 11 is 1.36. The SMILES string of the molecule is CCOc1ccc(-c2cc(N3CCN(S(=O)(=O)c4ccc(CC)s4)CC3)ncn2)cc1. The summed E-state index contributed by atoms with van der Waals surface area (Å²) in [4.78, 5) is 12.0. The minimum Gasteiger partial charge on any atom is -0.494 e. The topological polar surface area (TPSA) is 75.6 Å². The Labute approximate surface area is 187 Å². The molecule has 3 aromatic rings. The molecule has 31 heavy (non-hydrogen) atoms. The first-order chi connectivity index (χ1) is 15.0. The van der Waals surface area contributed by atoms with Crippen molar-refractivity contribution in [2.24, 2.45) is 0 Å². The lowest BCUT2D eigenvalue weighted by Gasteiger charge is -2.34. The molecule has 2 aromatic heterocycles. The van der Waals surface area contributed by atoms with Crippen LogP contribution in [0, 0.1) is 0 Å². The molecule has 1 aromatic carbocycles. The Morgan fingerprint density at radius 3 is 2.39 bits per heavy atom. The molecule has 7 nitrogen and oxygen atoms in total. The molecule has 0 spiro atoms. The fourth-order valence-electron chi connectivity index (χ4n) is 3.54. The average molecular weight is 459 g/mol. The van der Waals surface area contributed by atoms with Gasteiger partial charge >= 0.3 is 0 Å². The number of piperazine rings is 1. The summed E-state index contributed by atoms with van der Waals surface area (Å²) < 4.78 is 33.4. The van der Waals surface area contributed by atoms with Gasteiger partial charge in [0.15, 0.2) is 0 Å². The van der Waals surface area contributed by atoms with Crippen molar-refractivity contribution < 1.29 is 13.2 Å². The third kappa shape index (κ3) is 4.73. The van der Waals surface area contributed by atoms with Crippen molar-refractivity contribution in [1.82, 2.24) is 14.3 Å². The molecule has 4 rings (SSSR count). The second-order valence-electron chi connectivity index (χ2n) is 7.18. The van der Waals surface area contributed by atoms with E-state index in [0.29, 0.717) is 37.0 Å². The number of sulfonamides is 1. The van der Waals surface area contributed by atoms with E-state index in [2.05, 4.69) is 14.9 Å². The molecule has 1 aliphatic rings. The van der Waals surface area contributed by atoms with Crippen LogP contribution in [0.2, 0.25) is 0 Å². The largest absolute Gasteiger partial charge is 0.494 e. The Kier molecular flexibility index (Phi) is 6.54. The maximum atomic E-state index is 13.0. The van der Waals surface area contributed by atoms with Crippen molar-refractivity contribution in [3.05, 3.63) is 53.7 Å². The van der Waals surface area contributed by atoms with E-state index in [0.717, 1.165) is 34.1 Å². The number of ether oxygens (including phenoxy) is 1. The average Bonchev–Trinajstić information content (AvgIpc) is 3.30. The molecule has 0 unspecified atom stereocenters. The summed E-state index contributed by atoms with van der Waals surface area (Å²) in [6.07, 6.45) is 2.40. The van der Waals surface area contributed by atoms with Gasteiger partial charge in [0.25, 0.3) is 10.0 Å². The fourth-order valence-corrected chi connectivity index (χ4v) is 6.41. The number of aromatic nitrogens is 2. The van der Waals surface area contributed by atoms with Gasteiger partial charge in [-0.25, -0.2) is 18.4 Å². The van der Waals surface area contributed by atoms with E-state index in [1.54, 1.807) is 16.7 Å². The van der Waals surface area contributed by atoms with Crippen LogP contribution in [-0.2, 0) is 16.4 Å². The minimum atomic E-state index is -3.44. The Bertz CT molecular complexity index is 1120. The molecular weight excluding hydrogens is 432 g/mol. The number of anilines is 1. The van der Waals surface area contributed by atoms with Crippen LogP contribution < -0.4 is 9.64 Å². The monoisotopic (exact) mass is 458 g/mol. The molecule has 0 aliphatic carbocycles. The van der Waals surface area contributed by atoms with E-state index >= 15 is 0 Å². The van der Waals surface area contributed by atoms with E-state index in [1.807, 2.05) is 50.2 Å². The molecule has 1 fully saturated rings. The Morgan fingerprint density at radius 2 is 1.74 bits per heavy atom. The van der Waals surface area contributed by atoms with E-state index in [-0.39, 0.29) is 0 Å². The summed E-state index contributed by atoms with van der Waals surface area (Å²) in [5.41, 5.74) is 1.81. The molecule has 0 amide bonds. The number of hydrogen-bond donors (Lipinski definition) is 0. The van der Waals surface area contributed by atoms with Gasteiger partial charge in [0.05, 0.1) is 12.3 Å². The van der Waals surface area contributed by atoms with E-state index in [9.17, 15) is 8.42 Å². The van der Waals surface area contributed by atoms with Gasteiger partial charge in [-0.05, 0) is 49.7 Å². The summed E-state index contributed by atoms with van der Waals surface area (Å²) in [5.74, 6) is 1.63. The highest BCUT2D eigenvalue weighted by molar-refractivity contribution is 7.91. The molecule has 0 atom stereocenters. The molecular formula is C22H26N4O3S2. The van der Waals surface area contributed by atoms with Crippen LogP contribution in [0.5, 0.6) is 5.75 Å². The number of thiophene rings is 1. The fraction of sp³-hybridized carbons (Fsp3) is 0.364. The number of hydrogen-bond acceptors (Lipinski definition) is 7. The van der Waals surface area contributed by atoms with Crippen molar-refractivity contribution in [1.29, 1.82) is 0 Å². The van der Waals surface area contributed by atoms with Gasteiger partial charge in [-0.3, -0.25) is 0 Å². The van der Waals surface area contributed by atoms with Gasteiger partial charge in [-0.15, -0.1) is 11.3 Å². The summed E-state index contributed by atoms with van der Waals surface area (Å²) in [6, 6.07) is 13.4. The highest BCUT2D eigenvalue weighted by Gasteiger charge is 2.30. The van der Waals surface area contributed by atoms with Gasteiger partial charge < -0.3 is 9.64 Å². The number of rotatable bonds is 7. The molecule has 0 radical (unpaired) electrons. The second-order valence-corrected chi connectivity index (χ2v) is 10.5. The van der Waals surface area contributed by atoms with Crippen molar-refractivity contribution in [3.8, 4) is 17.0 Å². The van der Waals surface area contributed by atoms with Gasteiger partial charge in [0, 0.05) is 42.7 Å². The summed E-state index contributed by atoms with van der Waals surface area (Å²) in [7, 11) is -3.44. The predicted molar refractivity (Wildman–Crippen MR) is 123 cm³/mol. The first-order valence-electron chi connectivity index (χ1n) is 10.4. The summed E-state index contributed by atoms with van der Waals surface area (Å²) in [5, 5.41) is 0. The number of aryl methyl sites for hydroxylation is 1. The summed E-state index contributed by atoms with van der Waals surface area (Å²) in [6.45, 7) is 6.66. The number of benzene rings is 1. The molecule has 1 saturated heterocycles. The van der Waals surface area contributed by atoms with Gasteiger partial charge in [0.1, 0.15) is 22.1 Å². The van der Waals surface area contributed by atoms with Crippen molar-refractivity contribution >= 4 is 27.2 Å². The standard InChI is InChI=1S/C22H26N4O3S2/c1-3-19-9-10-22(30-19)31(27,28)26-13-11-25(12-14-26)21-15-20(23-16-24-21)17-5-7-18(8-6-17)29-4-2/h5-10,15-16H,3-4,11-14H2,1-2H3. The van der Waals surface area contributed by atoms with Crippen LogP contribution in [0.1, 0.15) is 18.7 Å². The Morgan fingerprint density at radius 1 is 1.00 bits per heavy atom. The highest BCUT2D eigenvalue weighted by atomic mass is 32.2. The van der Waals surface area contributed by atoms with Crippen LogP contribution in [0.4, 0.5) is 5.82 Å². The van der Waals surface area contributed by atoms with Crippen LogP contribution >= 0.6 is 11.3 Å². The third-order valence-electron chi connectivity index (χ3n) is 5.26. The van der Waals surface area contributed by atoms with Crippen molar-refractivity contribution in [2.45, 2.75) is 24.5 Å². The smallest absolute Gasteiger partial charge is 0.252 e. The maximum Gasteiger partial charge on any atom is 0.252 e. The molecule has 0 N–H and O–H groups in total. The van der Waals surface area contributed by atoms with Gasteiger partial charge in [-0.1, -0.05) is 6.92 Å². The minimum absolute atomic E-state index is 0.428. The molecule has 0 bridgehead atoms. The van der Waals surface area contributed by atoms with Crippen LogP contribution in [0.25, 0.3) is 11.3 Å². The second kappa shape index (κ2) is 9.33. The van der Waals surface area contributed by atoms with Gasteiger partial charge in [0.2, 0.25) is 0 Å². The Hall–Kier alpha value is -2.49. The molecule has 164 valence electrons. The molecule has 3 heterocycles. The normalized spacial score (nSPS) is 15.2. The molecule has 1 aliphatic heterocycles. The van der Waals surface area contributed by atoms with Crippen LogP contribution in [0.15, 0.2) is 53.0 Å². The zero-order valence-electron chi connectivity index (χ0n) is 17.7. The first-order valence-corrected chi connectivity index (χ1v) is 12.7. The van der Waals surface area contributed by atoms with E-state index in [4.69, 9.17) is 4.74 Å².